The summed E-state index contributed by atoms with van der Waals surface area (Å²) in [6, 6.07) is 29.5. The zero-order valence-electron chi connectivity index (χ0n) is 15.6. The van der Waals surface area contributed by atoms with E-state index in [1.165, 1.54) is 0 Å². The van der Waals surface area contributed by atoms with Crippen LogP contribution in [0.1, 0.15) is 17.6 Å². The van der Waals surface area contributed by atoms with Crippen LogP contribution in [0.5, 0.6) is 0 Å². The Bertz CT molecular complexity index is 912. The third kappa shape index (κ3) is 3.25. The molecule has 1 aliphatic heterocycles. The van der Waals surface area contributed by atoms with Crippen LogP contribution in [0.3, 0.4) is 0 Å². The van der Waals surface area contributed by atoms with E-state index in [4.69, 9.17) is 0 Å². The number of hydrogen-bond acceptors (Lipinski definition) is 2. The van der Waals surface area contributed by atoms with Crippen LogP contribution >= 0.6 is 7.44 Å². The molecule has 3 aromatic rings. The number of nitrogens with zero attached hydrogens (tertiary/aromatic N) is 2. The van der Waals surface area contributed by atoms with Crippen LogP contribution < -0.4 is 9.34 Å². The van der Waals surface area contributed by atoms with E-state index in [-0.39, 0.29) is 6.42 Å². The molecule has 3 aromatic carbocycles. The molecule has 0 aliphatic carbocycles. The molecular formula is C23H23N2O2P. The number of carbonyl (C=O) groups excluding carboxylic acids is 1. The molecule has 1 atom stereocenters. The van der Waals surface area contributed by atoms with E-state index < -0.39 is 13.1 Å². The predicted octanol–water partition coefficient (Wildman–Crippen LogP) is 5.54. The average molecular weight is 390 g/mol. The summed E-state index contributed by atoms with van der Waals surface area (Å²) in [5.74, 6) is 0. The first kappa shape index (κ1) is 18.5. The number of hydrogen-bond donors (Lipinski definition) is 0. The van der Waals surface area contributed by atoms with Gasteiger partial charge in [0.05, 0.1) is 5.66 Å². The minimum absolute atomic E-state index is 0.216. The lowest BCUT2D eigenvalue weighted by Gasteiger charge is -2.37. The topological polar surface area (TPSA) is 40.6 Å². The van der Waals surface area contributed by atoms with E-state index >= 15 is 0 Å². The number of anilines is 2. The van der Waals surface area contributed by atoms with Gasteiger partial charge in [-0.1, -0.05) is 66.7 Å². The van der Waals surface area contributed by atoms with Gasteiger partial charge in [0, 0.05) is 30.9 Å². The fourth-order valence-corrected chi connectivity index (χ4v) is 7.50. The predicted molar refractivity (Wildman–Crippen MR) is 115 cm³/mol. The van der Waals surface area contributed by atoms with Gasteiger partial charge in [0.15, 0.2) is 0 Å². The standard InChI is InChI=1S/C23H23N2O2P/c26-19-16-23(20-10-4-1-5-11-20)28(27)24(21-12-6-2-7-13-21)17-18-25(28)22-14-8-3-9-15-22/h1-15,19,23H,16-18H2. The fourth-order valence-electron chi connectivity index (χ4n) is 3.97. The van der Waals surface area contributed by atoms with Gasteiger partial charge in [0.2, 0.25) is 0 Å². The Morgan fingerprint density at radius 2 is 1.18 bits per heavy atom. The summed E-state index contributed by atoms with van der Waals surface area (Å²) >= 11 is 0. The van der Waals surface area contributed by atoms with Crippen LogP contribution in [0.15, 0.2) is 91.0 Å². The van der Waals surface area contributed by atoms with Crippen LogP contribution in [0.2, 0.25) is 0 Å². The highest BCUT2D eigenvalue weighted by Gasteiger charge is 2.49. The van der Waals surface area contributed by atoms with E-state index in [9.17, 15) is 9.36 Å². The maximum Gasteiger partial charge on any atom is 0.270 e. The molecule has 28 heavy (non-hydrogen) atoms. The van der Waals surface area contributed by atoms with Crippen molar-refractivity contribution >= 4 is 25.1 Å². The summed E-state index contributed by atoms with van der Waals surface area (Å²) in [5.41, 5.74) is 2.39. The molecule has 1 unspecified atom stereocenters. The highest BCUT2D eigenvalue weighted by Crippen LogP contribution is 2.69. The number of carbonyl (C=O) groups is 1. The Labute approximate surface area is 165 Å². The smallest absolute Gasteiger partial charge is 0.270 e. The van der Waals surface area contributed by atoms with E-state index in [0.717, 1.165) is 23.2 Å². The second-order valence-electron chi connectivity index (χ2n) is 6.84. The minimum atomic E-state index is -3.15. The van der Waals surface area contributed by atoms with Gasteiger partial charge in [-0.15, -0.1) is 0 Å². The van der Waals surface area contributed by atoms with E-state index in [0.29, 0.717) is 13.1 Å². The summed E-state index contributed by atoms with van der Waals surface area (Å²) in [4.78, 5) is 11.6. The summed E-state index contributed by atoms with van der Waals surface area (Å²) in [7, 11) is -3.15. The van der Waals surface area contributed by atoms with Crippen molar-refractivity contribution in [2.24, 2.45) is 0 Å². The zero-order chi connectivity index (χ0) is 19.4. The third-order valence-corrected chi connectivity index (χ3v) is 8.80. The number of aldehydes is 1. The molecule has 1 heterocycles. The van der Waals surface area contributed by atoms with Crippen molar-refractivity contribution in [3.63, 3.8) is 0 Å². The van der Waals surface area contributed by atoms with Gasteiger partial charge in [-0.3, -0.25) is 4.57 Å². The lowest BCUT2D eigenvalue weighted by molar-refractivity contribution is -0.107. The molecule has 0 aromatic heterocycles. The van der Waals surface area contributed by atoms with Gasteiger partial charge < -0.3 is 14.1 Å². The first-order chi connectivity index (χ1) is 13.7. The zero-order valence-corrected chi connectivity index (χ0v) is 16.5. The number of rotatable bonds is 6. The molecular weight excluding hydrogens is 367 g/mol. The van der Waals surface area contributed by atoms with Crippen LogP contribution in [0.4, 0.5) is 11.4 Å². The first-order valence-corrected chi connectivity index (χ1v) is 11.2. The number of para-hydroxylation sites is 2. The molecule has 4 rings (SSSR count). The molecule has 142 valence electrons. The largest absolute Gasteiger partial charge is 0.305 e. The quantitative estimate of drug-likeness (QED) is 0.409. The monoisotopic (exact) mass is 390 g/mol. The molecule has 0 N–H and O–H groups in total. The fraction of sp³-hybridized carbons (Fsp3) is 0.174. The normalized spacial score (nSPS) is 16.7. The summed E-state index contributed by atoms with van der Waals surface area (Å²) in [5, 5.41) is 0. The lowest BCUT2D eigenvalue weighted by Crippen LogP contribution is -2.24. The minimum Gasteiger partial charge on any atom is -0.305 e. The van der Waals surface area contributed by atoms with Crippen molar-refractivity contribution in [3.05, 3.63) is 96.6 Å². The molecule has 1 aliphatic rings. The molecule has 0 bridgehead atoms. The van der Waals surface area contributed by atoms with Crippen LogP contribution in [0.25, 0.3) is 0 Å². The molecule has 0 amide bonds. The van der Waals surface area contributed by atoms with Gasteiger partial charge in [-0.25, -0.2) is 0 Å². The van der Waals surface area contributed by atoms with Gasteiger partial charge in [-0.2, -0.15) is 0 Å². The Morgan fingerprint density at radius 3 is 1.61 bits per heavy atom. The highest BCUT2D eigenvalue weighted by atomic mass is 31.2. The Kier molecular flexibility index (Phi) is 5.31. The lowest BCUT2D eigenvalue weighted by atomic mass is 10.1. The Hall–Kier alpha value is -2.84. The molecule has 1 saturated heterocycles. The van der Waals surface area contributed by atoms with E-state index in [2.05, 4.69) is 0 Å². The highest BCUT2D eigenvalue weighted by molar-refractivity contribution is 7.68. The molecule has 5 heteroatoms. The van der Waals surface area contributed by atoms with Crippen molar-refractivity contribution in [2.75, 3.05) is 22.4 Å². The Balaban J connectivity index is 1.88. The van der Waals surface area contributed by atoms with Crippen LogP contribution in [-0.2, 0) is 9.36 Å². The molecule has 4 nitrogen and oxygen atoms in total. The second-order valence-corrected chi connectivity index (χ2v) is 9.60. The van der Waals surface area contributed by atoms with E-state index in [1.54, 1.807) is 0 Å². The van der Waals surface area contributed by atoms with Crippen LogP contribution in [0, 0.1) is 0 Å². The van der Waals surface area contributed by atoms with Crippen LogP contribution in [-0.4, -0.2) is 19.4 Å². The van der Waals surface area contributed by atoms with Gasteiger partial charge in [0.25, 0.3) is 7.44 Å². The first-order valence-electron chi connectivity index (χ1n) is 9.49. The Morgan fingerprint density at radius 1 is 0.750 bits per heavy atom. The van der Waals surface area contributed by atoms with Crippen molar-refractivity contribution in [1.29, 1.82) is 0 Å². The van der Waals surface area contributed by atoms with Crippen molar-refractivity contribution in [2.45, 2.75) is 12.1 Å². The summed E-state index contributed by atoms with van der Waals surface area (Å²) < 4.78 is 18.9. The molecule has 0 spiro atoms. The van der Waals surface area contributed by atoms with Crippen molar-refractivity contribution in [1.82, 2.24) is 0 Å². The van der Waals surface area contributed by atoms with Gasteiger partial charge >= 0.3 is 0 Å². The molecule has 0 radical (unpaired) electrons. The maximum absolute atomic E-state index is 14.9. The van der Waals surface area contributed by atoms with Crippen molar-refractivity contribution < 1.29 is 9.36 Å². The average Bonchev–Trinajstić information content (AvgIpc) is 3.11. The molecule has 0 saturated carbocycles. The summed E-state index contributed by atoms with van der Waals surface area (Å²) in [6.45, 7) is 1.30. The second kappa shape index (κ2) is 8.04. The maximum atomic E-state index is 14.9. The van der Waals surface area contributed by atoms with Gasteiger partial charge in [-0.05, 0) is 29.8 Å². The van der Waals surface area contributed by atoms with Gasteiger partial charge in [0.1, 0.15) is 6.29 Å². The molecule has 1 fully saturated rings. The SMILES string of the molecule is O=CCC(c1ccccc1)P1(=O)N(c2ccccc2)CCN1c1ccccc1. The van der Waals surface area contributed by atoms with Crippen molar-refractivity contribution in [3.8, 4) is 0 Å². The third-order valence-electron chi connectivity index (χ3n) is 5.23. The van der Waals surface area contributed by atoms with E-state index in [1.807, 2.05) is 100 Å². The summed E-state index contributed by atoms with van der Waals surface area (Å²) in [6.07, 6.45) is 1.11. The number of benzene rings is 3.